The molecule has 44 heavy (non-hydrogen) atoms. The Balaban J connectivity index is 1.45. The summed E-state index contributed by atoms with van der Waals surface area (Å²) in [6, 6.07) is 38.3. The second-order valence-electron chi connectivity index (χ2n) is 12.3. The quantitative estimate of drug-likeness (QED) is 0.153. The Bertz CT molecular complexity index is 2200. The van der Waals surface area contributed by atoms with Crippen molar-refractivity contribution in [3.63, 3.8) is 0 Å². The number of pyridine rings is 1. The second-order valence-corrected chi connectivity index (χ2v) is 13.1. The van der Waals surface area contributed by atoms with E-state index >= 15 is 0 Å². The van der Waals surface area contributed by atoms with E-state index in [9.17, 15) is 9.50 Å². The van der Waals surface area contributed by atoms with E-state index in [1.807, 2.05) is 38.1 Å². The Kier molecular flexibility index (Phi) is 6.93. The maximum absolute atomic E-state index is 14.0. The van der Waals surface area contributed by atoms with Gasteiger partial charge >= 0.3 is 0 Å². The number of fused-ring (bicyclic) bond motifs is 8. The number of aliphatic hydroxyl groups is 1. The van der Waals surface area contributed by atoms with Gasteiger partial charge in [-0.25, -0.2) is 9.37 Å². The van der Waals surface area contributed by atoms with Crippen LogP contribution in [0.3, 0.4) is 0 Å². The summed E-state index contributed by atoms with van der Waals surface area (Å²) in [5.74, 6) is -0.274. The van der Waals surface area contributed by atoms with E-state index in [1.165, 1.54) is 34.9 Å². The molecule has 0 radical (unpaired) electrons. The Hall–Kier alpha value is -4.29. The van der Waals surface area contributed by atoms with Gasteiger partial charge in [-0.3, -0.25) is 0 Å². The van der Waals surface area contributed by atoms with E-state index in [2.05, 4.69) is 78.9 Å². The van der Waals surface area contributed by atoms with Crippen molar-refractivity contribution in [3.8, 4) is 22.4 Å². The highest BCUT2D eigenvalue weighted by atomic mass is 32.2. The minimum absolute atomic E-state index is 0.274. The van der Waals surface area contributed by atoms with Crippen molar-refractivity contribution in [3.05, 3.63) is 121 Å². The van der Waals surface area contributed by atoms with Gasteiger partial charge in [-0.2, -0.15) is 0 Å². The molecule has 0 atom stereocenters. The van der Waals surface area contributed by atoms with E-state index < -0.39 is 11.2 Å². The molecule has 0 aliphatic rings. The highest BCUT2D eigenvalue weighted by Gasteiger charge is 2.37. The first kappa shape index (κ1) is 28.5. The lowest BCUT2D eigenvalue weighted by Gasteiger charge is -2.35. The Morgan fingerprint density at radius 3 is 1.86 bits per heavy atom. The normalized spacial score (nSPS) is 12.5. The summed E-state index contributed by atoms with van der Waals surface area (Å²) in [5.41, 5.74) is 2.89. The van der Waals surface area contributed by atoms with Gasteiger partial charge in [-0.15, -0.1) is 0 Å². The first-order chi connectivity index (χ1) is 21.1. The lowest BCUT2D eigenvalue weighted by Crippen LogP contribution is -2.45. The fraction of sp³-hybridized carbons (Fsp3) is 0.154. The van der Waals surface area contributed by atoms with Crippen LogP contribution >= 0.6 is 12.0 Å². The van der Waals surface area contributed by atoms with Gasteiger partial charge in [-0.1, -0.05) is 72.8 Å². The predicted molar refractivity (Wildman–Crippen MR) is 182 cm³/mol. The molecule has 0 aliphatic heterocycles. The van der Waals surface area contributed by atoms with E-state index in [0.717, 1.165) is 59.7 Å². The first-order valence-corrected chi connectivity index (χ1v) is 15.5. The molecule has 7 rings (SSSR count). The summed E-state index contributed by atoms with van der Waals surface area (Å²) in [6.45, 7) is 7.27. The molecule has 6 aromatic carbocycles. The van der Waals surface area contributed by atoms with E-state index in [-0.39, 0.29) is 5.82 Å². The third kappa shape index (κ3) is 4.91. The molecule has 1 heterocycles. The van der Waals surface area contributed by atoms with Crippen LogP contribution in [0.15, 0.2) is 120 Å². The molecule has 0 saturated carbocycles. The van der Waals surface area contributed by atoms with Crippen LogP contribution in [0.2, 0.25) is 0 Å². The first-order valence-electron chi connectivity index (χ1n) is 14.7. The van der Waals surface area contributed by atoms with E-state index in [1.54, 1.807) is 13.8 Å². The van der Waals surface area contributed by atoms with Crippen LogP contribution in [0.5, 0.6) is 0 Å². The largest absolute Gasteiger partial charge is 0.387 e. The second kappa shape index (κ2) is 10.7. The number of nitrogens with zero attached hydrogens (tertiary/aromatic N) is 1. The zero-order chi connectivity index (χ0) is 30.6. The summed E-state index contributed by atoms with van der Waals surface area (Å²) in [5, 5.41) is 18.4. The number of rotatable bonds is 6. The van der Waals surface area contributed by atoms with Gasteiger partial charge in [0.2, 0.25) is 0 Å². The Morgan fingerprint density at radius 1 is 0.614 bits per heavy atom. The van der Waals surface area contributed by atoms with Gasteiger partial charge in [0.25, 0.3) is 0 Å². The lowest BCUT2D eigenvalue weighted by atomic mass is 9.89. The summed E-state index contributed by atoms with van der Waals surface area (Å²) < 4.78 is 20.1. The van der Waals surface area contributed by atoms with Gasteiger partial charge < -0.3 is 9.29 Å². The van der Waals surface area contributed by atoms with Crippen LogP contribution in [0.1, 0.15) is 27.7 Å². The molecule has 7 aromatic rings. The van der Waals surface area contributed by atoms with Crippen molar-refractivity contribution in [2.75, 3.05) is 0 Å². The maximum Gasteiger partial charge on any atom is 0.123 e. The van der Waals surface area contributed by atoms with Crippen LogP contribution in [0.4, 0.5) is 4.39 Å². The molecule has 0 amide bonds. The maximum atomic E-state index is 14.0. The summed E-state index contributed by atoms with van der Waals surface area (Å²) in [6.07, 6.45) is 0. The van der Waals surface area contributed by atoms with E-state index in [0.29, 0.717) is 0 Å². The smallest absolute Gasteiger partial charge is 0.123 e. The zero-order valence-electron chi connectivity index (χ0n) is 25.1. The van der Waals surface area contributed by atoms with Crippen LogP contribution in [0.25, 0.3) is 65.6 Å². The molecule has 0 fully saturated rings. The average Bonchev–Trinajstić information content (AvgIpc) is 3.03. The average molecular weight is 598 g/mol. The van der Waals surface area contributed by atoms with E-state index in [4.69, 9.17) is 9.17 Å². The molecule has 5 heteroatoms. The summed E-state index contributed by atoms with van der Waals surface area (Å²) >= 11 is 1.27. The van der Waals surface area contributed by atoms with Crippen LogP contribution in [-0.2, 0) is 4.18 Å². The number of halogens is 1. The zero-order valence-corrected chi connectivity index (χ0v) is 25.9. The fourth-order valence-corrected chi connectivity index (χ4v) is 6.47. The summed E-state index contributed by atoms with van der Waals surface area (Å²) in [4.78, 5) is 6.22. The molecule has 0 bridgehead atoms. The third-order valence-corrected chi connectivity index (χ3v) is 9.72. The molecule has 218 valence electrons. The topological polar surface area (TPSA) is 42.4 Å². The SMILES string of the molecule is CC(C)(O)C(C)(C)OSc1cccc(-c2ccc3c(c2)nc(-c2ccc(F)cc2)c2c4ccccc4c4ccccc4c32)c1. The Labute approximate surface area is 260 Å². The number of benzene rings is 6. The fourth-order valence-electron chi connectivity index (χ4n) is 5.66. The number of aromatic nitrogens is 1. The van der Waals surface area contributed by atoms with Crippen molar-refractivity contribution in [1.82, 2.24) is 4.98 Å². The molecular formula is C39H32FNO2S. The van der Waals surface area contributed by atoms with Gasteiger partial charge in [-0.05, 0) is 103 Å². The minimum Gasteiger partial charge on any atom is -0.387 e. The molecule has 1 N–H and O–H groups in total. The van der Waals surface area contributed by atoms with Gasteiger partial charge in [0.05, 0.1) is 16.8 Å². The highest BCUT2D eigenvalue weighted by Crippen LogP contribution is 2.43. The van der Waals surface area contributed by atoms with Crippen LogP contribution in [-0.4, -0.2) is 21.3 Å². The van der Waals surface area contributed by atoms with Crippen molar-refractivity contribution in [2.24, 2.45) is 0 Å². The minimum atomic E-state index is -0.998. The molecule has 0 spiro atoms. The molecule has 0 aliphatic carbocycles. The van der Waals surface area contributed by atoms with Crippen molar-refractivity contribution < 1.29 is 13.7 Å². The molecule has 3 nitrogen and oxygen atoms in total. The number of hydrogen-bond acceptors (Lipinski definition) is 4. The monoisotopic (exact) mass is 597 g/mol. The highest BCUT2D eigenvalue weighted by molar-refractivity contribution is 7.94. The predicted octanol–water partition coefficient (Wildman–Crippen LogP) is 10.7. The van der Waals surface area contributed by atoms with Crippen molar-refractivity contribution in [2.45, 2.75) is 43.8 Å². The van der Waals surface area contributed by atoms with Crippen LogP contribution < -0.4 is 0 Å². The number of hydrogen-bond donors (Lipinski definition) is 1. The third-order valence-electron chi connectivity index (χ3n) is 8.77. The lowest BCUT2D eigenvalue weighted by molar-refractivity contribution is -0.0813. The van der Waals surface area contributed by atoms with Gasteiger partial charge in [0.1, 0.15) is 11.4 Å². The Morgan fingerprint density at radius 2 is 1.20 bits per heavy atom. The van der Waals surface area contributed by atoms with Crippen molar-refractivity contribution >= 4 is 55.3 Å². The molecular weight excluding hydrogens is 565 g/mol. The van der Waals surface area contributed by atoms with Crippen LogP contribution in [0, 0.1) is 5.82 Å². The summed E-state index contributed by atoms with van der Waals surface area (Å²) in [7, 11) is 0. The molecule has 1 aromatic heterocycles. The molecule has 0 unspecified atom stereocenters. The molecule has 0 saturated heterocycles. The van der Waals surface area contributed by atoms with Gasteiger partial charge in [0.15, 0.2) is 0 Å². The standard InChI is InChI=1S/C39H32FNO2S/c1-38(2,42)39(3,4)43-44-28-11-9-10-25(22-28)26-18-21-33-34(23-26)41-37(24-16-19-27(40)20-17-24)36-32-15-8-6-13-30(32)29-12-5-7-14-31(29)35(33)36/h5-23,42H,1-4H3. The van der Waals surface area contributed by atoms with Crippen molar-refractivity contribution in [1.29, 1.82) is 0 Å². The van der Waals surface area contributed by atoms with Gasteiger partial charge in [0, 0.05) is 38.7 Å².